The molecule has 0 aliphatic carbocycles. The molecule has 8 heteroatoms. The molecule has 0 radical (unpaired) electrons. The zero-order valence-corrected chi connectivity index (χ0v) is 13.4. The highest BCUT2D eigenvalue weighted by Crippen LogP contribution is 2.12. The number of hydrogen-bond acceptors (Lipinski definition) is 4. The van der Waals surface area contributed by atoms with Crippen LogP contribution in [0.5, 0.6) is 0 Å². The molecule has 120 valence electrons. The Hall–Kier alpha value is -2.09. The zero-order valence-electron chi connectivity index (χ0n) is 12.6. The number of amides is 1. The van der Waals surface area contributed by atoms with E-state index in [0.717, 1.165) is 5.52 Å². The lowest BCUT2D eigenvalue weighted by Gasteiger charge is -2.10. The van der Waals surface area contributed by atoms with Gasteiger partial charge in [-0.3, -0.25) is 9.52 Å². The van der Waals surface area contributed by atoms with Crippen molar-refractivity contribution in [2.45, 2.75) is 20.3 Å². The molecule has 2 aromatic rings. The maximum absolute atomic E-state index is 12.0. The first-order valence-corrected chi connectivity index (χ1v) is 8.71. The van der Waals surface area contributed by atoms with E-state index in [4.69, 9.17) is 0 Å². The van der Waals surface area contributed by atoms with E-state index in [-0.39, 0.29) is 24.1 Å². The molecule has 7 nitrogen and oxygen atoms in total. The number of hydrogen-bond donors (Lipinski definition) is 2. The third-order valence-electron chi connectivity index (χ3n) is 2.96. The van der Waals surface area contributed by atoms with Crippen molar-refractivity contribution in [3.63, 3.8) is 0 Å². The average Bonchev–Trinajstić information content (AvgIpc) is 2.84. The van der Waals surface area contributed by atoms with E-state index in [9.17, 15) is 13.2 Å². The van der Waals surface area contributed by atoms with Crippen LogP contribution in [0.4, 0.5) is 5.69 Å². The van der Waals surface area contributed by atoms with E-state index in [1.807, 2.05) is 13.8 Å². The lowest BCUT2D eigenvalue weighted by Crippen LogP contribution is -2.31. The molecule has 0 unspecified atom stereocenters. The fourth-order valence-electron chi connectivity index (χ4n) is 1.98. The monoisotopic (exact) mass is 324 g/mol. The second kappa shape index (κ2) is 6.78. The molecule has 0 spiro atoms. The molecule has 0 bridgehead atoms. The Kier molecular flexibility index (Phi) is 5.02. The third kappa shape index (κ3) is 4.73. The molecule has 0 fully saturated rings. The van der Waals surface area contributed by atoms with Crippen LogP contribution in [0, 0.1) is 5.92 Å². The Labute approximate surface area is 129 Å². The predicted octanol–water partition coefficient (Wildman–Crippen LogP) is 1.24. The van der Waals surface area contributed by atoms with Gasteiger partial charge in [0.05, 0.1) is 17.0 Å². The van der Waals surface area contributed by atoms with E-state index >= 15 is 0 Å². The van der Waals surface area contributed by atoms with Crippen LogP contribution in [0.1, 0.15) is 20.3 Å². The number of pyridine rings is 1. The van der Waals surface area contributed by atoms with Gasteiger partial charge in [-0.25, -0.2) is 12.9 Å². The number of aromatic nitrogens is 2. The third-order valence-corrected chi connectivity index (χ3v) is 4.25. The Morgan fingerprint density at radius 2 is 2.14 bits per heavy atom. The minimum Gasteiger partial charge on any atom is -0.355 e. The maximum Gasteiger partial charge on any atom is 0.234 e. The topological polar surface area (TPSA) is 92.6 Å². The molecule has 2 aromatic heterocycles. The van der Waals surface area contributed by atoms with Gasteiger partial charge in [-0.2, -0.15) is 5.10 Å². The van der Waals surface area contributed by atoms with Crippen molar-refractivity contribution >= 4 is 27.1 Å². The van der Waals surface area contributed by atoms with Crippen LogP contribution in [-0.4, -0.2) is 36.2 Å². The van der Waals surface area contributed by atoms with Crippen molar-refractivity contribution in [1.82, 2.24) is 14.9 Å². The lowest BCUT2D eigenvalue weighted by molar-refractivity contribution is -0.121. The number of carbonyl (C=O) groups is 1. The van der Waals surface area contributed by atoms with Crippen LogP contribution in [0.25, 0.3) is 5.52 Å². The smallest absolute Gasteiger partial charge is 0.234 e. The molecule has 0 saturated heterocycles. The minimum absolute atomic E-state index is 0.0931. The summed E-state index contributed by atoms with van der Waals surface area (Å²) in [5, 5.41) is 6.65. The van der Waals surface area contributed by atoms with Crippen LogP contribution < -0.4 is 10.0 Å². The summed E-state index contributed by atoms with van der Waals surface area (Å²) >= 11 is 0. The summed E-state index contributed by atoms with van der Waals surface area (Å²) in [7, 11) is -3.50. The second-order valence-electron chi connectivity index (χ2n) is 5.48. The molecule has 0 aliphatic rings. The Balaban J connectivity index is 1.89. The van der Waals surface area contributed by atoms with Crippen molar-refractivity contribution < 1.29 is 13.2 Å². The molecule has 1 amide bonds. The summed E-state index contributed by atoms with van der Waals surface area (Å²) in [5.41, 5.74) is 1.27. The highest BCUT2D eigenvalue weighted by molar-refractivity contribution is 7.92. The highest BCUT2D eigenvalue weighted by Gasteiger charge is 2.12. The highest BCUT2D eigenvalue weighted by atomic mass is 32.2. The molecule has 2 rings (SSSR count). The molecule has 22 heavy (non-hydrogen) atoms. The first-order chi connectivity index (χ1) is 10.4. The van der Waals surface area contributed by atoms with E-state index in [1.54, 1.807) is 35.1 Å². The fraction of sp³-hybridized carbons (Fsp3) is 0.429. The van der Waals surface area contributed by atoms with Crippen molar-refractivity contribution in [3.05, 3.63) is 30.6 Å². The minimum atomic E-state index is -3.50. The van der Waals surface area contributed by atoms with E-state index in [2.05, 4.69) is 15.1 Å². The van der Waals surface area contributed by atoms with Crippen LogP contribution in [-0.2, 0) is 14.8 Å². The summed E-state index contributed by atoms with van der Waals surface area (Å²) in [6.45, 7) is 3.96. The van der Waals surface area contributed by atoms with Gasteiger partial charge in [0.1, 0.15) is 0 Å². The number of nitrogens with zero attached hydrogens (tertiary/aromatic N) is 2. The maximum atomic E-state index is 12.0. The van der Waals surface area contributed by atoms with Crippen molar-refractivity contribution in [2.75, 3.05) is 17.0 Å². The van der Waals surface area contributed by atoms with Gasteiger partial charge in [0.2, 0.25) is 15.9 Å². The van der Waals surface area contributed by atoms with Gasteiger partial charge in [-0.1, -0.05) is 13.8 Å². The fourth-order valence-corrected chi connectivity index (χ4v) is 2.94. The van der Waals surface area contributed by atoms with Gasteiger partial charge in [-0.05, 0) is 24.1 Å². The molecule has 2 N–H and O–H groups in total. The Morgan fingerprint density at radius 3 is 2.86 bits per heavy atom. The van der Waals surface area contributed by atoms with Gasteiger partial charge in [0.15, 0.2) is 0 Å². The number of nitrogens with one attached hydrogen (secondary N) is 2. The number of rotatable bonds is 7. The summed E-state index contributed by atoms with van der Waals surface area (Å²) in [5.74, 6) is -0.0515. The number of sulfonamides is 1. The molecule has 0 aromatic carbocycles. The van der Waals surface area contributed by atoms with Crippen molar-refractivity contribution in [2.24, 2.45) is 5.92 Å². The quantitative estimate of drug-likeness (QED) is 0.801. The number of carbonyl (C=O) groups excluding carboxylic acids is 1. The average molecular weight is 324 g/mol. The SMILES string of the molecule is CC(C)CC(=O)NCCS(=O)(=O)Nc1ccn2nccc2c1. The van der Waals surface area contributed by atoms with Crippen LogP contribution in [0.15, 0.2) is 30.6 Å². The van der Waals surface area contributed by atoms with E-state index in [1.165, 1.54) is 0 Å². The normalized spacial score (nSPS) is 11.8. The first kappa shape index (κ1) is 16.3. The molecule has 0 saturated carbocycles. The molecular formula is C14H20N4O3S. The molecule has 0 atom stereocenters. The van der Waals surface area contributed by atoms with Crippen molar-refractivity contribution in [1.29, 1.82) is 0 Å². The lowest BCUT2D eigenvalue weighted by atomic mass is 10.1. The predicted molar refractivity (Wildman–Crippen MR) is 85.1 cm³/mol. The number of anilines is 1. The molecular weight excluding hydrogens is 304 g/mol. The first-order valence-electron chi connectivity index (χ1n) is 7.06. The largest absolute Gasteiger partial charge is 0.355 e. The molecule has 0 aliphatic heterocycles. The standard InChI is InChI=1S/C14H20N4O3S/c1-11(2)9-14(19)15-6-8-22(20,21)17-12-4-7-18-13(10-12)3-5-16-18/h3-5,7,10-11,17H,6,8-9H2,1-2H3,(H,15,19). The van der Waals surface area contributed by atoms with Crippen molar-refractivity contribution in [3.8, 4) is 0 Å². The second-order valence-corrected chi connectivity index (χ2v) is 7.33. The number of fused-ring (bicyclic) bond motifs is 1. The van der Waals surface area contributed by atoms with Gasteiger partial charge in [0, 0.05) is 25.4 Å². The van der Waals surface area contributed by atoms with E-state index in [0.29, 0.717) is 12.1 Å². The van der Waals surface area contributed by atoms with Crippen LogP contribution >= 0.6 is 0 Å². The summed E-state index contributed by atoms with van der Waals surface area (Å²) in [4.78, 5) is 11.5. The summed E-state index contributed by atoms with van der Waals surface area (Å²) in [6, 6.07) is 5.11. The van der Waals surface area contributed by atoms with Gasteiger partial charge in [0.25, 0.3) is 0 Å². The van der Waals surface area contributed by atoms with Crippen LogP contribution in [0.2, 0.25) is 0 Å². The summed E-state index contributed by atoms with van der Waals surface area (Å²) in [6.07, 6.45) is 3.71. The zero-order chi connectivity index (χ0) is 16.2. The molecule has 2 heterocycles. The van der Waals surface area contributed by atoms with Crippen LogP contribution in [0.3, 0.4) is 0 Å². The van der Waals surface area contributed by atoms with Gasteiger partial charge >= 0.3 is 0 Å². The Bertz CT molecular complexity index is 752. The van der Waals surface area contributed by atoms with Gasteiger partial charge in [-0.15, -0.1) is 0 Å². The summed E-state index contributed by atoms with van der Waals surface area (Å²) < 4.78 is 28.1. The van der Waals surface area contributed by atoms with E-state index < -0.39 is 10.0 Å². The Morgan fingerprint density at radius 1 is 1.36 bits per heavy atom. The van der Waals surface area contributed by atoms with Gasteiger partial charge < -0.3 is 5.32 Å².